The van der Waals surface area contributed by atoms with Crippen molar-refractivity contribution in [1.29, 1.82) is 0 Å². The number of hydrogen-bond acceptors (Lipinski definition) is 4. The Kier molecular flexibility index (Phi) is 5.38. The maximum atomic E-state index is 12.6. The molecule has 1 aromatic carbocycles. The molecule has 2 aromatic rings. The molecule has 0 bridgehead atoms. The van der Waals surface area contributed by atoms with Crippen molar-refractivity contribution >= 4 is 5.91 Å². The molecule has 2 N–H and O–H groups in total. The van der Waals surface area contributed by atoms with Gasteiger partial charge in [0.2, 0.25) is 5.91 Å². The fourth-order valence-electron chi connectivity index (χ4n) is 3.15. The van der Waals surface area contributed by atoms with E-state index in [2.05, 4.69) is 29.6 Å². The molecule has 1 amide bonds. The predicted octanol–water partition coefficient (Wildman–Crippen LogP) is 2.45. The van der Waals surface area contributed by atoms with Crippen molar-refractivity contribution in [3.05, 3.63) is 48.3 Å². The average Bonchev–Trinajstić information content (AvgIpc) is 3.15. The number of nitrogens with one attached hydrogen (secondary N) is 2. The maximum Gasteiger partial charge on any atom is 0.237 e. The van der Waals surface area contributed by atoms with Crippen LogP contribution in [0.3, 0.4) is 0 Å². The van der Waals surface area contributed by atoms with E-state index in [-0.39, 0.29) is 30.1 Å². The summed E-state index contributed by atoms with van der Waals surface area (Å²) in [6.45, 7) is 6.67. The third-order valence-corrected chi connectivity index (χ3v) is 4.85. The van der Waals surface area contributed by atoms with Crippen LogP contribution in [-0.4, -0.2) is 34.4 Å². The van der Waals surface area contributed by atoms with E-state index in [1.165, 1.54) is 0 Å². The lowest BCUT2D eigenvalue weighted by Gasteiger charge is -2.29. The monoisotopic (exact) mass is 342 g/mol. The highest BCUT2D eigenvalue weighted by atomic mass is 16.5. The molecule has 3 rings (SSSR count). The molecule has 0 aliphatic carbocycles. The molecule has 0 saturated carbocycles. The summed E-state index contributed by atoms with van der Waals surface area (Å²) in [4.78, 5) is 12.6. The summed E-state index contributed by atoms with van der Waals surface area (Å²) in [5.41, 5.74) is 1.05. The first-order chi connectivity index (χ1) is 12.1. The van der Waals surface area contributed by atoms with Gasteiger partial charge in [0.1, 0.15) is 5.75 Å². The van der Waals surface area contributed by atoms with Gasteiger partial charge in [0.25, 0.3) is 0 Å². The van der Waals surface area contributed by atoms with E-state index in [0.29, 0.717) is 6.61 Å². The minimum atomic E-state index is -0.289. The fourth-order valence-corrected chi connectivity index (χ4v) is 3.15. The molecule has 134 valence electrons. The number of para-hydroxylation sites is 1. The minimum absolute atomic E-state index is 0.000505. The number of hydrogen-bond donors (Lipinski definition) is 2. The third kappa shape index (κ3) is 4.02. The van der Waals surface area contributed by atoms with Crippen LogP contribution in [0.5, 0.6) is 5.75 Å². The van der Waals surface area contributed by atoms with Gasteiger partial charge in [-0.1, -0.05) is 18.2 Å². The number of rotatable bonds is 6. The summed E-state index contributed by atoms with van der Waals surface area (Å²) in [6, 6.07) is 9.78. The van der Waals surface area contributed by atoms with Crippen LogP contribution in [0.1, 0.15) is 44.8 Å². The Morgan fingerprint density at radius 2 is 2.08 bits per heavy atom. The number of aromatic nitrogens is 2. The van der Waals surface area contributed by atoms with Gasteiger partial charge in [0.15, 0.2) is 0 Å². The van der Waals surface area contributed by atoms with Crippen molar-refractivity contribution in [1.82, 2.24) is 20.4 Å². The third-order valence-electron chi connectivity index (χ3n) is 4.85. The van der Waals surface area contributed by atoms with Crippen LogP contribution in [0.15, 0.2) is 42.7 Å². The van der Waals surface area contributed by atoms with E-state index in [1.807, 2.05) is 48.1 Å². The van der Waals surface area contributed by atoms with Gasteiger partial charge < -0.3 is 15.4 Å². The lowest BCUT2D eigenvalue weighted by molar-refractivity contribution is -0.124. The first-order valence-electron chi connectivity index (χ1n) is 8.83. The van der Waals surface area contributed by atoms with Crippen LogP contribution in [-0.2, 0) is 4.79 Å². The molecule has 25 heavy (non-hydrogen) atoms. The van der Waals surface area contributed by atoms with Crippen LogP contribution in [0, 0.1) is 0 Å². The fraction of sp³-hybridized carbons (Fsp3) is 0.474. The largest absolute Gasteiger partial charge is 0.493 e. The Morgan fingerprint density at radius 3 is 2.84 bits per heavy atom. The molecule has 0 saturated heterocycles. The number of carbonyl (C=O) groups is 1. The predicted molar refractivity (Wildman–Crippen MR) is 96.4 cm³/mol. The summed E-state index contributed by atoms with van der Waals surface area (Å²) < 4.78 is 7.56. The van der Waals surface area contributed by atoms with E-state index in [4.69, 9.17) is 4.74 Å². The van der Waals surface area contributed by atoms with Crippen molar-refractivity contribution in [3.63, 3.8) is 0 Å². The topological polar surface area (TPSA) is 68.2 Å². The Hall–Kier alpha value is -2.34. The molecule has 0 fully saturated rings. The van der Waals surface area contributed by atoms with E-state index in [0.717, 1.165) is 17.7 Å². The number of ether oxygens (including phenoxy) is 1. The molecule has 6 nitrogen and oxygen atoms in total. The summed E-state index contributed by atoms with van der Waals surface area (Å²) in [5, 5.41) is 10.8. The molecular formula is C19H26N4O2. The van der Waals surface area contributed by atoms with Crippen molar-refractivity contribution < 1.29 is 9.53 Å². The molecule has 0 radical (unpaired) electrons. The maximum absolute atomic E-state index is 12.6. The minimum Gasteiger partial charge on any atom is -0.493 e. The Labute approximate surface area is 148 Å². The Morgan fingerprint density at radius 1 is 1.28 bits per heavy atom. The van der Waals surface area contributed by atoms with Crippen LogP contribution in [0.4, 0.5) is 0 Å². The number of nitrogens with zero attached hydrogens (tertiary/aromatic N) is 2. The first kappa shape index (κ1) is 17.5. The van der Waals surface area contributed by atoms with Crippen LogP contribution >= 0.6 is 0 Å². The van der Waals surface area contributed by atoms with Crippen molar-refractivity contribution in [2.45, 2.75) is 51.4 Å². The lowest BCUT2D eigenvalue weighted by atomic mass is 10.00. The van der Waals surface area contributed by atoms with E-state index < -0.39 is 0 Å². The van der Waals surface area contributed by atoms with Gasteiger partial charge in [-0.2, -0.15) is 5.10 Å². The number of carbonyl (C=O) groups excluding carboxylic acids is 1. The molecule has 0 spiro atoms. The quantitative estimate of drug-likeness (QED) is 0.846. The molecule has 1 aliphatic rings. The normalized spacial score (nSPS) is 20.0. The van der Waals surface area contributed by atoms with E-state index in [9.17, 15) is 4.79 Å². The van der Waals surface area contributed by atoms with E-state index >= 15 is 0 Å². The average molecular weight is 342 g/mol. The number of amides is 1. The second-order valence-electron chi connectivity index (χ2n) is 6.64. The standard InChI is InChI=1S/C19H26N4O2/c1-13(15(3)23-11-6-10-20-23)21-14(2)19(24)22-17-9-12-25-18-8-5-4-7-16(17)18/h4-8,10-11,13-15,17,21H,9,12H2,1-3H3,(H,22,24)/t13-,14+,15+,17+/m1/s1. The smallest absolute Gasteiger partial charge is 0.237 e. The van der Waals surface area contributed by atoms with Gasteiger partial charge in [-0.05, 0) is 32.9 Å². The summed E-state index contributed by atoms with van der Waals surface area (Å²) in [6.07, 6.45) is 4.49. The zero-order chi connectivity index (χ0) is 17.8. The van der Waals surface area contributed by atoms with Gasteiger partial charge >= 0.3 is 0 Å². The molecule has 0 unspecified atom stereocenters. The highest BCUT2D eigenvalue weighted by Crippen LogP contribution is 2.31. The van der Waals surface area contributed by atoms with Crippen LogP contribution in [0.25, 0.3) is 0 Å². The van der Waals surface area contributed by atoms with Crippen molar-refractivity contribution in [3.8, 4) is 5.75 Å². The van der Waals surface area contributed by atoms with Gasteiger partial charge in [-0.15, -0.1) is 0 Å². The second-order valence-corrected chi connectivity index (χ2v) is 6.64. The highest BCUT2D eigenvalue weighted by molar-refractivity contribution is 5.81. The van der Waals surface area contributed by atoms with E-state index in [1.54, 1.807) is 6.20 Å². The summed E-state index contributed by atoms with van der Waals surface area (Å²) in [5.74, 6) is 0.863. The SMILES string of the molecule is C[C@H](N[C@H](C)[C@H](C)n1cccn1)C(=O)N[C@H]1CCOc2ccccc21. The zero-order valence-corrected chi connectivity index (χ0v) is 15.0. The molecule has 2 heterocycles. The number of benzene rings is 1. The second kappa shape index (κ2) is 7.70. The van der Waals surface area contributed by atoms with Gasteiger partial charge in [0, 0.05) is 30.4 Å². The van der Waals surface area contributed by atoms with Crippen molar-refractivity contribution in [2.75, 3.05) is 6.61 Å². The Bertz CT molecular complexity index is 701. The molecule has 4 atom stereocenters. The lowest BCUT2D eigenvalue weighted by Crippen LogP contribution is -2.49. The van der Waals surface area contributed by atoms with Gasteiger partial charge in [-0.3, -0.25) is 9.48 Å². The molecule has 1 aromatic heterocycles. The molecule has 1 aliphatic heterocycles. The van der Waals surface area contributed by atoms with Crippen LogP contribution < -0.4 is 15.4 Å². The summed E-state index contributed by atoms with van der Waals surface area (Å²) >= 11 is 0. The van der Waals surface area contributed by atoms with Crippen molar-refractivity contribution in [2.24, 2.45) is 0 Å². The number of fused-ring (bicyclic) bond motifs is 1. The van der Waals surface area contributed by atoms with Gasteiger partial charge in [0.05, 0.1) is 24.7 Å². The highest BCUT2D eigenvalue weighted by Gasteiger charge is 2.26. The molecular weight excluding hydrogens is 316 g/mol. The molecule has 6 heteroatoms. The first-order valence-corrected chi connectivity index (χ1v) is 8.83. The zero-order valence-electron chi connectivity index (χ0n) is 15.0. The van der Waals surface area contributed by atoms with Gasteiger partial charge in [-0.25, -0.2) is 0 Å². The Balaban J connectivity index is 1.58. The van der Waals surface area contributed by atoms with Crippen LogP contribution in [0.2, 0.25) is 0 Å². The summed E-state index contributed by atoms with van der Waals surface area (Å²) in [7, 11) is 0.